The summed E-state index contributed by atoms with van der Waals surface area (Å²) in [5.41, 5.74) is 0. The Hall–Kier alpha value is -0.470. The van der Waals surface area contributed by atoms with Crippen LogP contribution in [0.2, 0.25) is 0 Å². The van der Waals surface area contributed by atoms with Gasteiger partial charge in [-0.15, -0.1) is 0 Å². The molecule has 0 saturated heterocycles. The lowest BCUT2D eigenvalue weighted by Crippen LogP contribution is -2.13. The average molecular weight is 178 g/mol. The lowest BCUT2D eigenvalue weighted by atomic mass is 10.1. The summed E-state index contributed by atoms with van der Waals surface area (Å²) < 4.78 is 18.8. The van der Waals surface area contributed by atoms with E-state index in [1.54, 1.807) is 6.92 Å². The van der Waals surface area contributed by atoms with Crippen LogP contribution in [0.3, 0.4) is 0 Å². The summed E-state index contributed by atoms with van der Waals surface area (Å²) in [6.07, 6.45) is 0.530. The van der Waals surface area contributed by atoms with Crippen molar-refractivity contribution in [2.24, 2.45) is 5.92 Å². The predicted octanol–water partition coefficient (Wildman–Crippen LogP) is 1.41. The predicted molar refractivity (Wildman–Crippen MR) is 39.4 cm³/mol. The van der Waals surface area contributed by atoms with Crippen molar-refractivity contribution in [1.82, 2.24) is 0 Å². The summed E-state index contributed by atoms with van der Waals surface area (Å²) in [5.74, 6) is -0.460. The Labute approximate surface area is 67.2 Å². The third kappa shape index (κ3) is 4.87. The zero-order valence-electron chi connectivity index (χ0n) is 6.57. The smallest absolute Gasteiger partial charge is 0.327 e. The molecule has 0 fully saturated rings. The van der Waals surface area contributed by atoms with E-state index >= 15 is 0 Å². The number of ether oxygens (including phenoxy) is 1. The van der Waals surface area contributed by atoms with Gasteiger partial charge in [-0.05, 0) is 6.42 Å². The minimum Gasteiger partial charge on any atom is -0.469 e. The molecular weight excluding hydrogens is 167 g/mol. The van der Waals surface area contributed by atoms with Gasteiger partial charge in [0.2, 0.25) is 0 Å². The van der Waals surface area contributed by atoms with Crippen molar-refractivity contribution in [3.63, 3.8) is 0 Å². The maximum atomic E-state index is 10.7. The topological polar surface area (TPSA) is 52.6 Å². The van der Waals surface area contributed by atoms with Crippen molar-refractivity contribution < 1.29 is 18.6 Å². The Morgan fingerprint density at radius 1 is 1.64 bits per heavy atom. The van der Waals surface area contributed by atoms with Crippen molar-refractivity contribution in [2.45, 2.75) is 13.3 Å². The van der Waals surface area contributed by atoms with Gasteiger partial charge in [-0.25, -0.2) is 4.57 Å². The normalized spacial score (nSPS) is 12.9. The number of esters is 1. The van der Waals surface area contributed by atoms with Gasteiger partial charge in [0.05, 0.1) is 19.6 Å². The second kappa shape index (κ2) is 6.25. The zero-order chi connectivity index (χ0) is 8.69. The fourth-order valence-corrected chi connectivity index (χ4v) is 0.766. The minimum atomic E-state index is -0.345. The van der Waals surface area contributed by atoms with E-state index in [2.05, 4.69) is 9.26 Å². The maximum absolute atomic E-state index is 10.7. The highest BCUT2D eigenvalue weighted by molar-refractivity contribution is 7.17. The first-order chi connectivity index (χ1) is 5.22. The molecule has 0 aromatic heterocycles. The summed E-state index contributed by atoms with van der Waals surface area (Å²) in [4.78, 5) is 10.7. The van der Waals surface area contributed by atoms with Gasteiger partial charge in [-0.2, -0.15) is 0 Å². The molecule has 0 bridgehead atoms. The van der Waals surface area contributed by atoms with Gasteiger partial charge in [-0.1, -0.05) is 6.92 Å². The minimum absolute atomic E-state index is 0.193. The van der Waals surface area contributed by atoms with Crippen LogP contribution in [0.25, 0.3) is 0 Å². The molecule has 0 aliphatic rings. The Morgan fingerprint density at radius 3 is 2.73 bits per heavy atom. The standard InChI is InChI=1S/C6H11O4P/c1-5(6(7)9-2)3-4-10-11-8/h5H,3-4H2,1-2H3. The molecule has 0 aromatic rings. The van der Waals surface area contributed by atoms with E-state index in [1.807, 2.05) is 0 Å². The molecular formula is C6H11O4P. The van der Waals surface area contributed by atoms with Gasteiger partial charge in [0.25, 0.3) is 0 Å². The molecule has 0 amide bonds. The van der Waals surface area contributed by atoms with E-state index in [-0.39, 0.29) is 20.6 Å². The van der Waals surface area contributed by atoms with E-state index in [0.29, 0.717) is 13.0 Å². The molecule has 0 aliphatic heterocycles. The monoisotopic (exact) mass is 178 g/mol. The first-order valence-electron chi connectivity index (χ1n) is 3.24. The summed E-state index contributed by atoms with van der Waals surface area (Å²) in [6.45, 7) is 2.04. The van der Waals surface area contributed by atoms with Crippen molar-refractivity contribution >= 4 is 14.7 Å². The summed E-state index contributed by atoms with van der Waals surface area (Å²) >= 11 is 0. The Bertz CT molecular complexity index is 137. The van der Waals surface area contributed by atoms with Crippen LogP contribution in [0.15, 0.2) is 0 Å². The first kappa shape index (κ1) is 10.5. The molecule has 5 heteroatoms. The van der Waals surface area contributed by atoms with Gasteiger partial charge < -0.3 is 4.74 Å². The molecule has 0 spiro atoms. The number of hydrogen-bond donors (Lipinski definition) is 0. The molecule has 4 nitrogen and oxygen atoms in total. The van der Waals surface area contributed by atoms with Gasteiger partial charge in [0, 0.05) is 0 Å². The molecule has 0 heterocycles. The van der Waals surface area contributed by atoms with Gasteiger partial charge in [-0.3, -0.25) is 9.32 Å². The summed E-state index contributed by atoms with van der Waals surface area (Å²) in [7, 11) is 0.994. The second-order valence-corrected chi connectivity index (χ2v) is 2.53. The lowest BCUT2D eigenvalue weighted by molar-refractivity contribution is -0.145. The van der Waals surface area contributed by atoms with Crippen molar-refractivity contribution in [3.8, 4) is 0 Å². The average Bonchev–Trinajstić information content (AvgIpc) is 2.03. The van der Waals surface area contributed by atoms with E-state index in [4.69, 9.17) is 0 Å². The van der Waals surface area contributed by atoms with Crippen LogP contribution >= 0.6 is 8.69 Å². The van der Waals surface area contributed by atoms with E-state index in [9.17, 15) is 9.36 Å². The maximum Gasteiger partial charge on any atom is 0.327 e. The Morgan fingerprint density at radius 2 is 2.27 bits per heavy atom. The van der Waals surface area contributed by atoms with Crippen LogP contribution in [0.1, 0.15) is 13.3 Å². The molecule has 0 aromatic carbocycles. The highest BCUT2D eigenvalue weighted by Crippen LogP contribution is 2.06. The highest BCUT2D eigenvalue weighted by atomic mass is 31.1. The van der Waals surface area contributed by atoms with Crippen molar-refractivity contribution in [2.75, 3.05) is 13.7 Å². The molecule has 0 saturated carbocycles. The molecule has 0 rings (SSSR count). The fourth-order valence-electron chi connectivity index (χ4n) is 0.586. The molecule has 1 atom stereocenters. The second-order valence-electron chi connectivity index (χ2n) is 2.12. The SMILES string of the molecule is COC(=O)C(C)CCOP=O. The van der Waals surface area contributed by atoms with Crippen LogP contribution in [-0.4, -0.2) is 19.7 Å². The van der Waals surface area contributed by atoms with Crippen LogP contribution in [0, 0.1) is 5.92 Å². The Balaban J connectivity index is 3.43. The summed E-state index contributed by atoms with van der Waals surface area (Å²) in [6, 6.07) is 0. The molecule has 1 unspecified atom stereocenters. The van der Waals surface area contributed by atoms with E-state index < -0.39 is 0 Å². The molecule has 11 heavy (non-hydrogen) atoms. The fraction of sp³-hybridized carbons (Fsp3) is 0.833. The molecule has 0 aliphatic carbocycles. The van der Waals surface area contributed by atoms with E-state index in [0.717, 1.165) is 0 Å². The summed E-state index contributed by atoms with van der Waals surface area (Å²) in [5, 5.41) is 0. The number of carbonyl (C=O) groups is 1. The Kier molecular flexibility index (Phi) is 5.99. The largest absolute Gasteiger partial charge is 0.469 e. The molecule has 0 radical (unpaired) electrons. The first-order valence-corrected chi connectivity index (χ1v) is 3.97. The van der Waals surface area contributed by atoms with Crippen LogP contribution in [0.4, 0.5) is 0 Å². The van der Waals surface area contributed by atoms with Gasteiger partial charge >= 0.3 is 14.7 Å². The quantitative estimate of drug-likeness (QED) is 0.363. The molecule has 64 valence electrons. The number of methoxy groups -OCH3 is 1. The van der Waals surface area contributed by atoms with Crippen molar-refractivity contribution in [3.05, 3.63) is 0 Å². The van der Waals surface area contributed by atoms with E-state index in [1.165, 1.54) is 7.11 Å². The zero-order valence-corrected chi connectivity index (χ0v) is 7.47. The molecule has 0 N–H and O–H groups in total. The van der Waals surface area contributed by atoms with Crippen LogP contribution in [-0.2, 0) is 18.6 Å². The van der Waals surface area contributed by atoms with Gasteiger partial charge in [0.1, 0.15) is 0 Å². The van der Waals surface area contributed by atoms with Crippen molar-refractivity contribution in [1.29, 1.82) is 0 Å². The lowest BCUT2D eigenvalue weighted by Gasteiger charge is -2.05. The third-order valence-electron chi connectivity index (χ3n) is 1.30. The number of carbonyl (C=O) groups excluding carboxylic acids is 1. The highest BCUT2D eigenvalue weighted by Gasteiger charge is 2.11. The van der Waals surface area contributed by atoms with Crippen LogP contribution < -0.4 is 0 Å². The van der Waals surface area contributed by atoms with Gasteiger partial charge in [0.15, 0.2) is 0 Å². The number of rotatable bonds is 5. The van der Waals surface area contributed by atoms with Crippen LogP contribution in [0.5, 0.6) is 0 Å². The number of hydrogen-bond acceptors (Lipinski definition) is 4. The third-order valence-corrected chi connectivity index (χ3v) is 1.59.